The summed E-state index contributed by atoms with van der Waals surface area (Å²) in [5, 5.41) is 10.9. The first-order valence-corrected chi connectivity index (χ1v) is 7.27. The number of benzene rings is 1. The van der Waals surface area contributed by atoms with E-state index in [0.29, 0.717) is 11.5 Å². The van der Waals surface area contributed by atoms with E-state index >= 15 is 0 Å². The molecule has 0 radical (unpaired) electrons. The third kappa shape index (κ3) is 3.61. The number of rotatable bonds is 5. The van der Waals surface area contributed by atoms with Crippen molar-refractivity contribution in [3.63, 3.8) is 0 Å². The van der Waals surface area contributed by atoms with Gasteiger partial charge in [-0.1, -0.05) is 0 Å². The van der Waals surface area contributed by atoms with Crippen LogP contribution in [0.1, 0.15) is 18.4 Å². The molecule has 1 aromatic rings. The second-order valence-corrected chi connectivity index (χ2v) is 5.41. The molecule has 0 N–H and O–H groups in total. The Bertz CT molecular complexity index is 475. The first-order chi connectivity index (χ1) is 9.61. The van der Waals surface area contributed by atoms with Crippen molar-refractivity contribution in [2.75, 3.05) is 31.7 Å². The van der Waals surface area contributed by atoms with Crippen LogP contribution in [-0.4, -0.2) is 31.7 Å². The van der Waals surface area contributed by atoms with E-state index in [-0.39, 0.29) is 16.5 Å². The van der Waals surface area contributed by atoms with E-state index in [9.17, 15) is 10.1 Å². The molecule has 110 valence electrons. The lowest BCUT2D eigenvalue weighted by Crippen LogP contribution is -2.29. The summed E-state index contributed by atoms with van der Waals surface area (Å²) in [6.07, 6.45) is 2.14. The molecule has 20 heavy (non-hydrogen) atoms. The molecule has 0 aromatic heterocycles. The van der Waals surface area contributed by atoms with E-state index < -0.39 is 0 Å². The molecule has 1 fully saturated rings. The van der Waals surface area contributed by atoms with Gasteiger partial charge in [0.2, 0.25) is 0 Å². The smallest absolute Gasteiger partial charge is 0.273 e. The summed E-state index contributed by atoms with van der Waals surface area (Å²) in [5.41, 5.74) is 1.62. The molecule has 0 saturated carbocycles. The first kappa shape index (κ1) is 15.1. The average Bonchev–Trinajstić information content (AvgIpc) is 2.47. The molecule has 0 aliphatic carbocycles. The lowest BCUT2D eigenvalue weighted by molar-refractivity contribution is -0.385. The van der Waals surface area contributed by atoms with Crippen molar-refractivity contribution in [3.05, 3.63) is 33.9 Å². The van der Waals surface area contributed by atoms with Crippen LogP contribution in [0.15, 0.2) is 18.2 Å². The van der Waals surface area contributed by atoms with E-state index in [1.165, 1.54) is 6.07 Å². The molecule has 1 aliphatic heterocycles. The summed E-state index contributed by atoms with van der Waals surface area (Å²) in [6.45, 7) is 2.58. The lowest BCUT2D eigenvalue weighted by atomic mass is 9.99. The number of nitrogens with zero attached hydrogens (tertiary/aromatic N) is 2. The molecule has 0 spiro atoms. The van der Waals surface area contributed by atoms with Crippen LogP contribution in [0.3, 0.4) is 0 Å². The normalized spacial score (nSPS) is 16.1. The van der Waals surface area contributed by atoms with Crippen LogP contribution < -0.4 is 4.90 Å². The predicted molar refractivity (Wildman–Crippen MR) is 79.5 cm³/mol. The lowest BCUT2D eigenvalue weighted by Gasteiger charge is -2.28. The standard InChI is InChI=1S/C14H19ClN2O3/c1-16(10-11-4-6-20-7-5-11)13-2-3-14(17(18)19)12(8-13)9-15/h2-3,8,11H,4-7,9-10H2,1H3. The van der Waals surface area contributed by atoms with E-state index in [1.54, 1.807) is 6.07 Å². The van der Waals surface area contributed by atoms with Gasteiger partial charge in [-0.25, -0.2) is 0 Å². The minimum atomic E-state index is -0.389. The maximum absolute atomic E-state index is 10.9. The van der Waals surface area contributed by atoms with Crippen molar-refractivity contribution in [1.82, 2.24) is 0 Å². The summed E-state index contributed by atoms with van der Waals surface area (Å²) in [6, 6.07) is 5.13. The van der Waals surface area contributed by atoms with Crippen LogP contribution in [0.2, 0.25) is 0 Å². The molecule has 1 aromatic carbocycles. The van der Waals surface area contributed by atoms with Crippen LogP contribution in [0, 0.1) is 16.0 Å². The molecule has 2 rings (SSSR count). The molecular formula is C14H19ClN2O3. The van der Waals surface area contributed by atoms with Gasteiger partial charge in [0.1, 0.15) is 0 Å². The summed E-state index contributed by atoms with van der Waals surface area (Å²) >= 11 is 5.81. The van der Waals surface area contributed by atoms with Gasteiger partial charge in [-0.2, -0.15) is 0 Å². The Labute approximate surface area is 123 Å². The molecule has 0 atom stereocenters. The average molecular weight is 299 g/mol. The zero-order valence-corrected chi connectivity index (χ0v) is 12.3. The van der Waals surface area contributed by atoms with E-state index in [0.717, 1.165) is 38.3 Å². The van der Waals surface area contributed by atoms with Crippen molar-refractivity contribution >= 4 is 23.0 Å². The van der Waals surface area contributed by atoms with E-state index in [1.807, 2.05) is 13.1 Å². The minimum absolute atomic E-state index is 0.0863. The van der Waals surface area contributed by atoms with E-state index in [4.69, 9.17) is 16.3 Å². The Morgan fingerprint density at radius 3 is 2.75 bits per heavy atom. The Balaban J connectivity index is 2.09. The van der Waals surface area contributed by atoms with Crippen LogP contribution in [0.5, 0.6) is 0 Å². The van der Waals surface area contributed by atoms with Crippen LogP contribution in [-0.2, 0) is 10.6 Å². The Hall–Kier alpha value is -1.33. The fourth-order valence-electron chi connectivity index (χ4n) is 2.52. The molecule has 1 saturated heterocycles. The highest BCUT2D eigenvalue weighted by Crippen LogP contribution is 2.27. The number of hydrogen-bond donors (Lipinski definition) is 0. The van der Waals surface area contributed by atoms with Gasteiger partial charge in [0.05, 0.1) is 10.8 Å². The SMILES string of the molecule is CN(CC1CCOCC1)c1ccc([N+](=O)[O-])c(CCl)c1. The van der Waals surface area contributed by atoms with Crippen molar-refractivity contribution in [1.29, 1.82) is 0 Å². The van der Waals surface area contributed by atoms with Gasteiger partial charge in [0.25, 0.3) is 5.69 Å². The molecular weight excluding hydrogens is 280 g/mol. The van der Waals surface area contributed by atoms with Gasteiger partial charge < -0.3 is 9.64 Å². The summed E-state index contributed by atoms with van der Waals surface area (Å²) in [5.74, 6) is 0.762. The van der Waals surface area contributed by atoms with Gasteiger partial charge in [-0.15, -0.1) is 11.6 Å². The highest BCUT2D eigenvalue weighted by Gasteiger charge is 2.18. The Morgan fingerprint density at radius 2 is 2.15 bits per heavy atom. The number of hydrogen-bond acceptors (Lipinski definition) is 4. The number of anilines is 1. The number of nitro benzene ring substituents is 1. The zero-order valence-electron chi connectivity index (χ0n) is 11.5. The maximum Gasteiger partial charge on any atom is 0.273 e. The Kier molecular flexibility index (Phi) is 5.20. The highest BCUT2D eigenvalue weighted by molar-refractivity contribution is 6.17. The Morgan fingerprint density at radius 1 is 1.45 bits per heavy atom. The molecule has 6 heteroatoms. The van der Waals surface area contributed by atoms with Gasteiger partial charge in [0.15, 0.2) is 0 Å². The maximum atomic E-state index is 10.9. The van der Waals surface area contributed by atoms with Gasteiger partial charge >= 0.3 is 0 Å². The molecule has 0 amide bonds. The number of nitro groups is 1. The molecule has 5 nitrogen and oxygen atoms in total. The fourth-order valence-corrected chi connectivity index (χ4v) is 2.73. The number of halogens is 1. The van der Waals surface area contributed by atoms with Crippen molar-refractivity contribution in [2.24, 2.45) is 5.92 Å². The zero-order chi connectivity index (χ0) is 14.5. The quantitative estimate of drug-likeness (QED) is 0.476. The topological polar surface area (TPSA) is 55.6 Å². The summed E-state index contributed by atoms with van der Waals surface area (Å²) < 4.78 is 5.35. The number of alkyl halides is 1. The highest BCUT2D eigenvalue weighted by atomic mass is 35.5. The van der Waals surface area contributed by atoms with Crippen molar-refractivity contribution in [3.8, 4) is 0 Å². The van der Waals surface area contributed by atoms with Gasteiger partial charge in [-0.3, -0.25) is 10.1 Å². The van der Waals surface area contributed by atoms with Crippen molar-refractivity contribution < 1.29 is 9.66 Å². The summed E-state index contributed by atoms with van der Waals surface area (Å²) in [7, 11) is 2.01. The third-order valence-corrected chi connectivity index (χ3v) is 4.01. The second kappa shape index (κ2) is 6.90. The molecule has 0 bridgehead atoms. The van der Waals surface area contributed by atoms with Crippen LogP contribution in [0.25, 0.3) is 0 Å². The first-order valence-electron chi connectivity index (χ1n) is 6.74. The van der Waals surface area contributed by atoms with Gasteiger partial charge in [0, 0.05) is 44.1 Å². The predicted octanol–water partition coefficient (Wildman–Crippen LogP) is 3.20. The number of ether oxygens (including phenoxy) is 1. The summed E-state index contributed by atoms with van der Waals surface area (Å²) in [4.78, 5) is 12.6. The third-order valence-electron chi connectivity index (χ3n) is 3.72. The van der Waals surface area contributed by atoms with E-state index in [2.05, 4.69) is 4.90 Å². The fraction of sp³-hybridized carbons (Fsp3) is 0.571. The molecule has 1 aliphatic rings. The van der Waals surface area contributed by atoms with Crippen molar-refractivity contribution in [2.45, 2.75) is 18.7 Å². The monoisotopic (exact) mass is 298 g/mol. The van der Waals surface area contributed by atoms with Crippen LogP contribution >= 0.6 is 11.6 Å². The largest absolute Gasteiger partial charge is 0.381 e. The molecule has 0 unspecified atom stereocenters. The minimum Gasteiger partial charge on any atom is -0.381 e. The van der Waals surface area contributed by atoms with Crippen LogP contribution in [0.4, 0.5) is 11.4 Å². The molecule has 1 heterocycles. The second-order valence-electron chi connectivity index (χ2n) is 5.14. The van der Waals surface area contributed by atoms with Gasteiger partial charge in [-0.05, 0) is 30.9 Å².